The van der Waals surface area contributed by atoms with E-state index in [1.807, 2.05) is 18.3 Å². The largest absolute Gasteiger partial charge is 0.398 e. The van der Waals surface area contributed by atoms with Crippen molar-refractivity contribution in [2.45, 2.75) is 25.7 Å². The average Bonchev–Trinajstić information content (AvgIpc) is 3.08. The van der Waals surface area contributed by atoms with Gasteiger partial charge in [0.15, 0.2) is 5.78 Å². The maximum Gasteiger partial charge on any atom is 0.161 e. The summed E-state index contributed by atoms with van der Waals surface area (Å²) in [6.07, 6.45) is 4.40. The molecule has 0 amide bonds. The lowest BCUT2D eigenvalue weighted by molar-refractivity contribution is 0.101. The van der Waals surface area contributed by atoms with Crippen LogP contribution in [0.15, 0.2) is 30.5 Å². The second-order valence-electron chi connectivity index (χ2n) is 4.79. The predicted molar refractivity (Wildman–Crippen MR) is 70.0 cm³/mol. The molecule has 1 aromatic heterocycles. The molecule has 1 aromatic carbocycles. The van der Waals surface area contributed by atoms with Crippen LogP contribution in [0.2, 0.25) is 0 Å². The smallest absolute Gasteiger partial charge is 0.161 e. The topological polar surface area (TPSA) is 60.9 Å². The maximum absolute atomic E-state index is 11.5. The summed E-state index contributed by atoms with van der Waals surface area (Å²) in [5.74, 6) is 0.608. The number of ketones is 1. The Bertz CT molecular complexity index is 611. The van der Waals surface area contributed by atoms with Crippen molar-refractivity contribution in [1.82, 2.24) is 9.78 Å². The summed E-state index contributed by atoms with van der Waals surface area (Å²) in [5, 5.41) is 4.54. The Morgan fingerprint density at radius 1 is 1.39 bits per heavy atom. The molecule has 1 heterocycles. The highest BCUT2D eigenvalue weighted by Crippen LogP contribution is 2.39. The Kier molecular flexibility index (Phi) is 2.44. The van der Waals surface area contributed by atoms with Crippen molar-refractivity contribution < 1.29 is 4.79 Å². The van der Waals surface area contributed by atoms with Crippen molar-refractivity contribution in [1.29, 1.82) is 0 Å². The lowest BCUT2D eigenvalue weighted by atomic mass is 10.1. The van der Waals surface area contributed by atoms with Gasteiger partial charge >= 0.3 is 0 Å². The number of nitrogens with zero attached hydrogens (tertiary/aromatic N) is 2. The van der Waals surface area contributed by atoms with E-state index in [1.54, 1.807) is 16.8 Å². The number of benzene rings is 1. The van der Waals surface area contributed by atoms with Crippen molar-refractivity contribution in [3.8, 4) is 5.69 Å². The van der Waals surface area contributed by atoms with Gasteiger partial charge < -0.3 is 5.73 Å². The minimum absolute atomic E-state index is 0.0241. The fourth-order valence-electron chi connectivity index (χ4n) is 2.07. The Morgan fingerprint density at radius 3 is 2.83 bits per heavy atom. The first-order chi connectivity index (χ1) is 8.65. The Balaban J connectivity index is 1.99. The quantitative estimate of drug-likeness (QED) is 0.663. The molecule has 1 aliphatic rings. The third kappa shape index (κ3) is 1.90. The van der Waals surface area contributed by atoms with Crippen molar-refractivity contribution in [3.05, 3.63) is 41.7 Å². The highest BCUT2D eigenvalue weighted by Gasteiger charge is 2.25. The number of anilines is 1. The van der Waals surface area contributed by atoms with Crippen molar-refractivity contribution in [2.24, 2.45) is 0 Å². The first kappa shape index (κ1) is 11.0. The van der Waals surface area contributed by atoms with E-state index in [0.717, 1.165) is 11.4 Å². The second kappa shape index (κ2) is 3.98. The number of Topliss-reactive ketones (excluding diaryl/α,β-unsaturated/α-hetero) is 1. The monoisotopic (exact) mass is 241 g/mol. The van der Waals surface area contributed by atoms with Crippen LogP contribution in [-0.4, -0.2) is 15.6 Å². The van der Waals surface area contributed by atoms with Gasteiger partial charge in [-0.2, -0.15) is 5.10 Å². The molecule has 92 valence electrons. The molecule has 0 radical (unpaired) electrons. The summed E-state index contributed by atoms with van der Waals surface area (Å²) in [5.41, 5.74) is 8.86. The molecule has 1 aliphatic carbocycles. The molecule has 0 saturated heterocycles. The van der Waals surface area contributed by atoms with Crippen LogP contribution in [0.4, 0.5) is 5.69 Å². The molecular formula is C14H15N3O. The Morgan fingerprint density at radius 2 is 2.17 bits per heavy atom. The highest BCUT2D eigenvalue weighted by molar-refractivity contribution is 5.99. The van der Waals surface area contributed by atoms with Gasteiger partial charge in [-0.3, -0.25) is 4.79 Å². The summed E-state index contributed by atoms with van der Waals surface area (Å²) in [7, 11) is 0. The van der Waals surface area contributed by atoms with Crippen LogP contribution in [0, 0.1) is 0 Å². The summed E-state index contributed by atoms with van der Waals surface area (Å²) in [6.45, 7) is 1.52. The number of aromatic nitrogens is 2. The van der Waals surface area contributed by atoms with Gasteiger partial charge in [0.1, 0.15) is 0 Å². The molecule has 1 fully saturated rings. The Hall–Kier alpha value is -2.10. The molecule has 3 rings (SSSR count). The number of hydrogen-bond acceptors (Lipinski definition) is 3. The van der Waals surface area contributed by atoms with Gasteiger partial charge in [-0.1, -0.05) is 0 Å². The zero-order chi connectivity index (χ0) is 12.7. The third-order valence-corrected chi connectivity index (χ3v) is 3.29. The summed E-state index contributed by atoms with van der Waals surface area (Å²) in [4.78, 5) is 11.5. The third-order valence-electron chi connectivity index (χ3n) is 3.29. The summed E-state index contributed by atoms with van der Waals surface area (Å²) >= 11 is 0. The average molecular weight is 241 g/mol. The van der Waals surface area contributed by atoms with Gasteiger partial charge in [0.2, 0.25) is 0 Å². The van der Waals surface area contributed by atoms with Crippen LogP contribution in [0.5, 0.6) is 0 Å². The SMILES string of the molecule is CC(=O)c1cc(-n2ccc(C3CC3)n2)ccc1N. The number of carbonyl (C=O) groups is 1. The number of carbonyl (C=O) groups excluding carboxylic acids is 1. The van der Waals surface area contributed by atoms with Crippen molar-refractivity contribution in [3.63, 3.8) is 0 Å². The van der Waals surface area contributed by atoms with Gasteiger partial charge in [0.05, 0.1) is 11.4 Å². The van der Waals surface area contributed by atoms with Gasteiger partial charge in [-0.05, 0) is 44.0 Å². The van der Waals surface area contributed by atoms with E-state index in [9.17, 15) is 4.79 Å². The summed E-state index contributed by atoms with van der Waals surface area (Å²) < 4.78 is 1.81. The van der Waals surface area contributed by atoms with Crippen LogP contribution in [0.25, 0.3) is 5.69 Å². The van der Waals surface area contributed by atoms with E-state index in [-0.39, 0.29) is 5.78 Å². The molecule has 18 heavy (non-hydrogen) atoms. The number of nitrogen functional groups attached to an aromatic ring is 1. The molecule has 2 N–H and O–H groups in total. The molecule has 0 bridgehead atoms. The molecular weight excluding hydrogens is 226 g/mol. The van der Waals surface area contributed by atoms with E-state index in [0.29, 0.717) is 17.2 Å². The van der Waals surface area contributed by atoms with E-state index in [2.05, 4.69) is 5.10 Å². The summed E-state index contributed by atoms with van der Waals surface area (Å²) in [6, 6.07) is 7.47. The molecule has 0 spiro atoms. The first-order valence-electron chi connectivity index (χ1n) is 6.11. The normalized spacial score (nSPS) is 14.7. The van der Waals surface area contributed by atoms with Gasteiger partial charge in [-0.25, -0.2) is 4.68 Å². The molecule has 4 heteroatoms. The minimum atomic E-state index is -0.0241. The van der Waals surface area contributed by atoms with Crippen LogP contribution < -0.4 is 5.73 Å². The number of rotatable bonds is 3. The zero-order valence-corrected chi connectivity index (χ0v) is 10.3. The predicted octanol–water partition coefficient (Wildman–Crippen LogP) is 2.53. The zero-order valence-electron chi connectivity index (χ0n) is 10.3. The fourth-order valence-corrected chi connectivity index (χ4v) is 2.07. The van der Waals surface area contributed by atoms with Gasteiger partial charge in [0.25, 0.3) is 0 Å². The molecule has 2 aromatic rings. The van der Waals surface area contributed by atoms with Crippen LogP contribution in [0.3, 0.4) is 0 Å². The molecule has 0 atom stereocenters. The first-order valence-corrected chi connectivity index (χ1v) is 6.11. The van der Waals surface area contributed by atoms with Crippen molar-refractivity contribution in [2.75, 3.05) is 5.73 Å². The molecule has 4 nitrogen and oxygen atoms in total. The van der Waals surface area contributed by atoms with Gasteiger partial charge in [0, 0.05) is 23.4 Å². The molecule has 0 unspecified atom stereocenters. The van der Waals surface area contributed by atoms with Crippen LogP contribution in [-0.2, 0) is 0 Å². The maximum atomic E-state index is 11.5. The second-order valence-corrected chi connectivity index (χ2v) is 4.79. The van der Waals surface area contributed by atoms with E-state index < -0.39 is 0 Å². The van der Waals surface area contributed by atoms with Crippen LogP contribution >= 0.6 is 0 Å². The Labute approximate surface area is 105 Å². The van der Waals surface area contributed by atoms with E-state index in [4.69, 9.17) is 5.73 Å². The molecule has 0 aliphatic heterocycles. The van der Waals surface area contributed by atoms with E-state index in [1.165, 1.54) is 19.8 Å². The highest BCUT2D eigenvalue weighted by atomic mass is 16.1. The van der Waals surface area contributed by atoms with Crippen molar-refractivity contribution >= 4 is 11.5 Å². The standard InChI is InChI=1S/C14H15N3O/c1-9(18)12-8-11(4-5-13(12)15)17-7-6-14(16-17)10-2-3-10/h4-8,10H,2-3,15H2,1H3. The molecule has 1 saturated carbocycles. The number of hydrogen-bond donors (Lipinski definition) is 1. The fraction of sp³-hybridized carbons (Fsp3) is 0.286. The number of nitrogens with two attached hydrogens (primary N) is 1. The van der Waals surface area contributed by atoms with E-state index >= 15 is 0 Å². The lowest BCUT2D eigenvalue weighted by Crippen LogP contribution is -2.03. The van der Waals surface area contributed by atoms with Crippen LogP contribution in [0.1, 0.15) is 41.7 Å². The lowest BCUT2D eigenvalue weighted by Gasteiger charge is -2.06. The minimum Gasteiger partial charge on any atom is -0.398 e. The van der Waals surface area contributed by atoms with Gasteiger partial charge in [-0.15, -0.1) is 0 Å².